The molecule has 0 rings (SSSR count). The van der Waals surface area contributed by atoms with E-state index >= 15 is 0 Å². The summed E-state index contributed by atoms with van der Waals surface area (Å²) in [5.41, 5.74) is 0. The third-order valence-corrected chi connectivity index (χ3v) is 1.95. The molecule has 4 heteroatoms. The van der Waals surface area contributed by atoms with E-state index in [2.05, 4.69) is 16.0 Å². The molecule has 1 atom stereocenters. The molecular formula is C2H6O2SSe. The van der Waals surface area contributed by atoms with Gasteiger partial charge >= 0.3 is 46.9 Å². The topological polar surface area (TPSA) is 37.3 Å². The zero-order valence-electron chi connectivity index (χ0n) is 3.13. The van der Waals surface area contributed by atoms with E-state index in [0.717, 1.165) is 5.32 Å². The van der Waals surface area contributed by atoms with Gasteiger partial charge in [0.25, 0.3) is 0 Å². The van der Waals surface area contributed by atoms with Crippen molar-refractivity contribution in [3.8, 4) is 0 Å². The zero-order chi connectivity index (χ0) is 4.99. The molecular weight excluding hydrogens is 167 g/mol. The van der Waals surface area contributed by atoms with Gasteiger partial charge in [0, 0.05) is 0 Å². The SMILES string of the molecule is O=S(O)CC[SeH]. The van der Waals surface area contributed by atoms with Crippen molar-refractivity contribution >= 4 is 27.1 Å². The molecule has 0 fully saturated rings. The molecule has 0 aliphatic heterocycles. The Morgan fingerprint density at radius 1 is 1.83 bits per heavy atom. The Bertz CT molecular complexity index is 55.5. The van der Waals surface area contributed by atoms with E-state index in [1.807, 2.05) is 0 Å². The van der Waals surface area contributed by atoms with Crippen LogP contribution in [0.1, 0.15) is 0 Å². The van der Waals surface area contributed by atoms with Crippen LogP contribution in [0.5, 0.6) is 0 Å². The molecule has 0 saturated carbocycles. The van der Waals surface area contributed by atoms with Crippen molar-refractivity contribution in [2.24, 2.45) is 0 Å². The summed E-state index contributed by atoms with van der Waals surface area (Å²) in [5, 5.41) is 0.718. The van der Waals surface area contributed by atoms with E-state index in [1.165, 1.54) is 0 Å². The van der Waals surface area contributed by atoms with Gasteiger partial charge in [-0.2, -0.15) is 0 Å². The molecule has 0 heterocycles. The van der Waals surface area contributed by atoms with Crippen LogP contribution in [0, 0.1) is 0 Å². The predicted molar refractivity (Wildman–Crippen MR) is 27.6 cm³/mol. The van der Waals surface area contributed by atoms with E-state index in [1.54, 1.807) is 0 Å². The summed E-state index contributed by atoms with van der Waals surface area (Å²) in [7, 11) is 0. The fraction of sp³-hybridized carbons (Fsp3) is 1.00. The Hall–Kier alpha value is 0.629. The summed E-state index contributed by atoms with van der Waals surface area (Å²) in [5.74, 6) is 0.375. The fourth-order valence-corrected chi connectivity index (χ4v) is 1.22. The predicted octanol–water partition coefficient (Wildman–Crippen LogP) is -0.473. The molecule has 0 aliphatic rings. The second-order valence-corrected chi connectivity index (χ2v) is 2.74. The molecule has 0 amide bonds. The van der Waals surface area contributed by atoms with Gasteiger partial charge in [0.2, 0.25) is 0 Å². The van der Waals surface area contributed by atoms with Crippen molar-refractivity contribution < 1.29 is 8.76 Å². The monoisotopic (exact) mass is 174 g/mol. The normalized spacial score (nSPS) is 14.3. The molecule has 1 unspecified atom stereocenters. The minimum atomic E-state index is -1.58. The molecule has 6 heavy (non-hydrogen) atoms. The van der Waals surface area contributed by atoms with Crippen LogP contribution in [0.2, 0.25) is 5.32 Å². The van der Waals surface area contributed by atoms with Gasteiger partial charge in [-0.3, -0.25) is 0 Å². The Labute approximate surface area is 47.4 Å². The van der Waals surface area contributed by atoms with Crippen molar-refractivity contribution in [3.05, 3.63) is 0 Å². The summed E-state index contributed by atoms with van der Waals surface area (Å²) in [6.07, 6.45) is 0. The summed E-state index contributed by atoms with van der Waals surface area (Å²) >= 11 is 0.664. The van der Waals surface area contributed by atoms with Crippen molar-refractivity contribution in [1.82, 2.24) is 0 Å². The van der Waals surface area contributed by atoms with Gasteiger partial charge in [-0.25, -0.2) is 0 Å². The second-order valence-electron chi connectivity index (χ2n) is 0.749. The van der Waals surface area contributed by atoms with Gasteiger partial charge in [-0.15, -0.1) is 0 Å². The van der Waals surface area contributed by atoms with E-state index in [9.17, 15) is 4.21 Å². The summed E-state index contributed by atoms with van der Waals surface area (Å²) in [4.78, 5) is 0. The van der Waals surface area contributed by atoms with Crippen LogP contribution in [0.15, 0.2) is 0 Å². The molecule has 0 aromatic heterocycles. The molecule has 0 bridgehead atoms. The van der Waals surface area contributed by atoms with Gasteiger partial charge in [0.1, 0.15) is 0 Å². The van der Waals surface area contributed by atoms with Gasteiger partial charge in [-0.05, 0) is 0 Å². The maximum absolute atomic E-state index is 9.70. The molecule has 0 spiro atoms. The third kappa shape index (κ3) is 4.63. The van der Waals surface area contributed by atoms with Crippen LogP contribution in [0.25, 0.3) is 0 Å². The van der Waals surface area contributed by atoms with Crippen LogP contribution in [0.4, 0.5) is 0 Å². The van der Waals surface area contributed by atoms with Crippen LogP contribution >= 0.6 is 0 Å². The first kappa shape index (κ1) is 6.63. The van der Waals surface area contributed by atoms with Crippen LogP contribution < -0.4 is 0 Å². The quantitative estimate of drug-likeness (QED) is 0.452. The van der Waals surface area contributed by atoms with Gasteiger partial charge in [-0.1, -0.05) is 0 Å². The number of rotatable bonds is 2. The Morgan fingerprint density at radius 3 is 2.33 bits per heavy atom. The Balaban J connectivity index is 2.83. The zero-order valence-corrected chi connectivity index (χ0v) is 5.82. The fourth-order valence-electron chi connectivity index (χ4n) is 0.0781. The molecule has 0 radical (unpaired) electrons. The number of hydrogen-bond donors (Lipinski definition) is 1. The molecule has 0 aromatic carbocycles. The first-order valence-corrected chi connectivity index (χ1v) is 4.06. The molecule has 38 valence electrons. The Morgan fingerprint density at radius 2 is 2.33 bits per heavy atom. The average molecular weight is 173 g/mol. The summed E-state index contributed by atoms with van der Waals surface area (Å²) in [6.45, 7) is 0. The molecule has 1 N–H and O–H groups in total. The van der Waals surface area contributed by atoms with Crippen molar-refractivity contribution in [2.75, 3.05) is 5.75 Å². The van der Waals surface area contributed by atoms with E-state index in [4.69, 9.17) is 4.55 Å². The van der Waals surface area contributed by atoms with E-state index in [-0.39, 0.29) is 0 Å². The van der Waals surface area contributed by atoms with Crippen LogP contribution in [0.3, 0.4) is 0 Å². The van der Waals surface area contributed by atoms with Gasteiger partial charge in [0.05, 0.1) is 0 Å². The molecule has 0 aromatic rings. The van der Waals surface area contributed by atoms with Crippen LogP contribution in [-0.4, -0.2) is 30.5 Å². The van der Waals surface area contributed by atoms with Crippen molar-refractivity contribution in [2.45, 2.75) is 5.32 Å². The average Bonchev–Trinajstić information content (AvgIpc) is 1.35. The summed E-state index contributed by atoms with van der Waals surface area (Å²) < 4.78 is 17.7. The van der Waals surface area contributed by atoms with Gasteiger partial charge in [0.15, 0.2) is 0 Å². The maximum atomic E-state index is 9.70. The third-order valence-electron chi connectivity index (χ3n) is 0.266. The summed E-state index contributed by atoms with van der Waals surface area (Å²) in [6, 6.07) is 0. The number of hydrogen-bond acceptors (Lipinski definition) is 1. The Kier molecular flexibility index (Phi) is 4.21. The first-order valence-electron chi connectivity index (χ1n) is 1.45. The van der Waals surface area contributed by atoms with Crippen molar-refractivity contribution in [3.63, 3.8) is 0 Å². The molecule has 0 saturated heterocycles. The second kappa shape index (κ2) is 3.81. The van der Waals surface area contributed by atoms with E-state index < -0.39 is 11.1 Å². The van der Waals surface area contributed by atoms with Crippen molar-refractivity contribution in [1.29, 1.82) is 0 Å². The standard InChI is InChI=1S/C2H6O2SSe/c3-5(4)1-2-6/h6H,1-2H2,(H,3,4). The van der Waals surface area contributed by atoms with E-state index in [0.29, 0.717) is 5.75 Å². The van der Waals surface area contributed by atoms with Gasteiger partial charge < -0.3 is 0 Å². The van der Waals surface area contributed by atoms with Crippen LogP contribution in [-0.2, 0) is 11.1 Å². The molecule has 0 aliphatic carbocycles. The molecule has 2 nitrogen and oxygen atoms in total. The minimum absolute atomic E-state index is 0.375. The first-order chi connectivity index (χ1) is 2.77.